The van der Waals surface area contributed by atoms with Gasteiger partial charge in [-0.3, -0.25) is 4.18 Å². The standard InChI is InChI=1S/C6H8O3S2/c1-2-9-11(7,8)6-3-4-10-5-6/h3-5H,2H2,1H3. The summed E-state index contributed by atoms with van der Waals surface area (Å²) in [6.45, 7) is 1.82. The average molecular weight is 192 g/mol. The van der Waals surface area contributed by atoms with Crippen molar-refractivity contribution in [3.63, 3.8) is 0 Å². The Morgan fingerprint density at radius 3 is 2.82 bits per heavy atom. The van der Waals surface area contributed by atoms with Crippen molar-refractivity contribution in [2.75, 3.05) is 6.61 Å². The molecule has 1 aromatic heterocycles. The molecule has 0 fully saturated rings. The van der Waals surface area contributed by atoms with E-state index >= 15 is 0 Å². The van der Waals surface area contributed by atoms with Gasteiger partial charge in [0.25, 0.3) is 10.1 Å². The Morgan fingerprint density at radius 2 is 2.36 bits per heavy atom. The lowest BCUT2D eigenvalue weighted by Gasteiger charge is -1.98. The van der Waals surface area contributed by atoms with Crippen molar-refractivity contribution >= 4 is 21.5 Å². The molecule has 1 aromatic rings. The Labute approximate surface area is 69.7 Å². The van der Waals surface area contributed by atoms with Gasteiger partial charge in [-0.2, -0.15) is 19.8 Å². The molecule has 0 bridgehead atoms. The molecule has 0 spiro atoms. The van der Waals surface area contributed by atoms with Gasteiger partial charge in [0.1, 0.15) is 4.90 Å². The van der Waals surface area contributed by atoms with Crippen LogP contribution >= 0.6 is 11.3 Å². The van der Waals surface area contributed by atoms with Gasteiger partial charge in [-0.25, -0.2) is 0 Å². The zero-order chi connectivity index (χ0) is 8.32. The van der Waals surface area contributed by atoms with E-state index in [-0.39, 0.29) is 11.5 Å². The maximum absolute atomic E-state index is 11.1. The lowest BCUT2D eigenvalue weighted by molar-refractivity contribution is 0.338. The summed E-state index contributed by atoms with van der Waals surface area (Å²) in [6.07, 6.45) is 0. The molecular weight excluding hydrogens is 184 g/mol. The summed E-state index contributed by atoms with van der Waals surface area (Å²) in [5, 5.41) is 3.25. The molecule has 0 saturated heterocycles. The lowest BCUT2D eigenvalue weighted by Crippen LogP contribution is -2.04. The SMILES string of the molecule is CCOS(=O)(=O)c1ccsc1. The van der Waals surface area contributed by atoms with Gasteiger partial charge < -0.3 is 0 Å². The molecular formula is C6H8O3S2. The fraction of sp³-hybridized carbons (Fsp3) is 0.333. The van der Waals surface area contributed by atoms with Crippen molar-refractivity contribution in [3.05, 3.63) is 16.8 Å². The van der Waals surface area contributed by atoms with Crippen LogP contribution in [-0.2, 0) is 14.3 Å². The first-order valence-electron chi connectivity index (χ1n) is 3.08. The molecule has 0 aliphatic heterocycles. The van der Waals surface area contributed by atoms with Crippen molar-refractivity contribution in [1.29, 1.82) is 0 Å². The van der Waals surface area contributed by atoms with Gasteiger partial charge in [-0.1, -0.05) is 0 Å². The van der Waals surface area contributed by atoms with Crippen LogP contribution in [0.15, 0.2) is 21.7 Å². The van der Waals surface area contributed by atoms with Crippen LogP contribution in [0.5, 0.6) is 0 Å². The summed E-state index contributed by atoms with van der Waals surface area (Å²) >= 11 is 1.33. The van der Waals surface area contributed by atoms with Crippen LogP contribution in [0.25, 0.3) is 0 Å². The maximum Gasteiger partial charge on any atom is 0.297 e. The smallest absolute Gasteiger partial charge is 0.267 e. The van der Waals surface area contributed by atoms with Gasteiger partial charge in [0, 0.05) is 5.38 Å². The van der Waals surface area contributed by atoms with E-state index in [0.29, 0.717) is 0 Å². The second-order valence-electron chi connectivity index (χ2n) is 1.82. The minimum absolute atomic E-state index is 0.179. The van der Waals surface area contributed by atoms with Gasteiger partial charge >= 0.3 is 0 Å². The predicted octanol–water partition coefficient (Wildman–Crippen LogP) is 1.47. The number of hydrogen-bond donors (Lipinski definition) is 0. The Balaban J connectivity index is 2.92. The Morgan fingerprint density at radius 1 is 1.64 bits per heavy atom. The van der Waals surface area contributed by atoms with Crippen LogP contribution in [0, 0.1) is 0 Å². The van der Waals surface area contributed by atoms with Gasteiger partial charge in [0.15, 0.2) is 0 Å². The highest BCUT2D eigenvalue weighted by molar-refractivity contribution is 7.86. The molecule has 0 N–H and O–H groups in total. The number of hydrogen-bond acceptors (Lipinski definition) is 4. The molecule has 0 aliphatic rings. The number of thiophene rings is 1. The molecule has 1 heterocycles. The maximum atomic E-state index is 11.1. The third-order valence-electron chi connectivity index (χ3n) is 1.06. The molecule has 0 unspecified atom stereocenters. The van der Waals surface area contributed by atoms with E-state index in [1.807, 2.05) is 0 Å². The third kappa shape index (κ3) is 2.02. The average Bonchev–Trinajstić information content (AvgIpc) is 2.37. The summed E-state index contributed by atoms with van der Waals surface area (Å²) < 4.78 is 26.7. The molecule has 0 aliphatic carbocycles. The fourth-order valence-electron chi connectivity index (χ4n) is 0.617. The van der Waals surface area contributed by atoms with E-state index in [1.54, 1.807) is 17.7 Å². The summed E-state index contributed by atoms with van der Waals surface area (Å²) in [5.41, 5.74) is 0. The molecule has 62 valence electrons. The minimum Gasteiger partial charge on any atom is -0.267 e. The van der Waals surface area contributed by atoms with Crippen molar-refractivity contribution < 1.29 is 12.6 Å². The topological polar surface area (TPSA) is 43.4 Å². The van der Waals surface area contributed by atoms with Crippen LogP contribution < -0.4 is 0 Å². The molecule has 5 heteroatoms. The molecule has 0 radical (unpaired) electrons. The second kappa shape index (κ2) is 3.34. The van der Waals surface area contributed by atoms with E-state index < -0.39 is 10.1 Å². The zero-order valence-corrected chi connectivity index (χ0v) is 7.61. The quantitative estimate of drug-likeness (QED) is 0.681. The van der Waals surface area contributed by atoms with E-state index in [0.717, 1.165) is 0 Å². The van der Waals surface area contributed by atoms with Gasteiger partial charge in [-0.15, -0.1) is 0 Å². The molecule has 11 heavy (non-hydrogen) atoms. The molecule has 0 atom stereocenters. The highest BCUT2D eigenvalue weighted by Gasteiger charge is 2.13. The van der Waals surface area contributed by atoms with Gasteiger partial charge in [0.2, 0.25) is 0 Å². The van der Waals surface area contributed by atoms with E-state index in [1.165, 1.54) is 17.4 Å². The van der Waals surface area contributed by atoms with Crippen molar-refractivity contribution in [2.24, 2.45) is 0 Å². The molecule has 1 rings (SSSR count). The van der Waals surface area contributed by atoms with Gasteiger partial charge in [0.05, 0.1) is 6.61 Å². The predicted molar refractivity (Wildman–Crippen MR) is 43.1 cm³/mol. The molecule has 0 saturated carbocycles. The monoisotopic (exact) mass is 192 g/mol. The van der Waals surface area contributed by atoms with Crippen LogP contribution in [0.4, 0.5) is 0 Å². The first-order valence-corrected chi connectivity index (χ1v) is 5.43. The Kier molecular flexibility index (Phi) is 2.64. The highest BCUT2D eigenvalue weighted by atomic mass is 32.2. The summed E-state index contributed by atoms with van der Waals surface area (Å²) in [6, 6.07) is 1.52. The second-order valence-corrected chi connectivity index (χ2v) is 4.22. The van der Waals surface area contributed by atoms with E-state index in [9.17, 15) is 8.42 Å². The van der Waals surface area contributed by atoms with Gasteiger partial charge in [-0.05, 0) is 18.4 Å². The summed E-state index contributed by atoms with van der Waals surface area (Å²) in [7, 11) is -3.46. The highest BCUT2D eigenvalue weighted by Crippen LogP contribution is 2.14. The first kappa shape index (κ1) is 8.70. The molecule has 0 amide bonds. The van der Waals surface area contributed by atoms with Crippen molar-refractivity contribution in [1.82, 2.24) is 0 Å². The third-order valence-corrected chi connectivity index (χ3v) is 3.27. The fourth-order valence-corrected chi connectivity index (χ4v) is 2.54. The van der Waals surface area contributed by atoms with Crippen LogP contribution in [0.3, 0.4) is 0 Å². The molecule has 0 aromatic carbocycles. The zero-order valence-electron chi connectivity index (χ0n) is 5.98. The van der Waals surface area contributed by atoms with Crippen LogP contribution in [0.1, 0.15) is 6.92 Å². The molecule has 3 nitrogen and oxygen atoms in total. The van der Waals surface area contributed by atoms with Crippen molar-refractivity contribution in [2.45, 2.75) is 11.8 Å². The lowest BCUT2D eigenvalue weighted by atomic mass is 10.7. The van der Waals surface area contributed by atoms with Crippen LogP contribution in [0.2, 0.25) is 0 Å². The van der Waals surface area contributed by atoms with E-state index in [4.69, 9.17) is 0 Å². The first-order chi connectivity index (χ1) is 5.17. The minimum atomic E-state index is -3.46. The Bertz CT molecular complexity index is 299. The summed E-state index contributed by atoms with van der Waals surface area (Å²) in [5.74, 6) is 0. The Hall–Kier alpha value is -0.390. The van der Waals surface area contributed by atoms with E-state index in [2.05, 4.69) is 4.18 Å². The van der Waals surface area contributed by atoms with Crippen LogP contribution in [-0.4, -0.2) is 15.0 Å². The number of rotatable bonds is 3. The summed E-state index contributed by atoms with van der Waals surface area (Å²) in [4.78, 5) is 0.240. The normalized spacial score (nSPS) is 11.7. The largest absolute Gasteiger partial charge is 0.297 e. The van der Waals surface area contributed by atoms with Crippen molar-refractivity contribution in [3.8, 4) is 0 Å².